The molecule has 3 saturated heterocycles. The fourth-order valence-electron chi connectivity index (χ4n) is 5.47. The Labute approximate surface area is 233 Å². The Balaban J connectivity index is 1.19. The van der Waals surface area contributed by atoms with Crippen LogP contribution in [-0.2, 0) is 6.54 Å². The highest BCUT2D eigenvalue weighted by molar-refractivity contribution is 5.85. The molecule has 7 heterocycles. The number of fused-ring (bicyclic) bond motifs is 3. The smallest absolute Gasteiger partial charge is 0.212 e. The predicted octanol–water partition coefficient (Wildman–Crippen LogP) is 4.06. The number of piperidine rings is 1. The van der Waals surface area contributed by atoms with Gasteiger partial charge in [0.15, 0.2) is 0 Å². The van der Waals surface area contributed by atoms with Crippen LogP contribution in [0.25, 0.3) is 16.6 Å². The van der Waals surface area contributed by atoms with E-state index in [1.165, 1.54) is 12.0 Å². The first-order valence-corrected chi connectivity index (χ1v) is 13.3. The Morgan fingerprint density at radius 1 is 1.05 bits per heavy atom. The van der Waals surface area contributed by atoms with E-state index in [2.05, 4.69) is 38.1 Å². The molecular weight excluding hydrogens is 504 g/mol. The van der Waals surface area contributed by atoms with Crippen LogP contribution in [0.4, 0.5) is 5.82 Å². The average molecular weight is 535 g/mol. The molecule has 40 heavy (non-hydrogen) atoms. The van der Waals surface area contributed by atoms with Gasteiger partial charge in [-0.05, 0) is 44.0 Å². The molecule has 2 bridgehead atoms. The van der Waals surface area contributed by atoms with E-state index in [-0.39, 0.29) is 6.61 Å². The number of aromatic nitrogens is 4. The van der Waals surface area contributed by atoms with Crippen molar-refractivity contribution >= 4 is 11.3 Å². The summed E-state index contributed by atoms with van der Waals surface area (Å²) in [4.78, 5) is 14.1. The highest BCUT2D eigenvalue weighted by Gasteiger charge is 2.44. The van der Waals surface area contributed by atoms with Gasteiger partial charge in [-0.3, -0.25) is 4.90 Å². The molecule has 2 unspecified atom stereocenters. The molecule has 3 fully saturated rings. The molecule has 0 radical (unpaired) electrons. The van der Waals surface area contributed by atoms with Crippen molar-refractivity contribution in [2.45, 2.75) is 38.9 Å². The molecule has 0 saturated carbocycles. The minimum atomic E-state index is -0.628. The number of rotatable bonds is 8. The van der Waals surface area contributed by atoms with Crippen LogP contribution in [-0.4, -0.2) is 63.4 Å². The van der Waals surface area contributed by atoms with Crippen molar-refractivity contribution in [1.82, 2.24) is 24.5 Å². The first kappa shape index (κ1) is 25.6. The van der Waals surface area contributed by atoms with Crippen LogP contribution in [0.1, 0.15) is 31.4 Å². The molecule has 7 rings (SSSR count). The van der Waals surface area contributed by atoms with Crippen LogP contribution in [0.15, 0.2) is 55.1 Å². The van der Waals surface area contributed by atoms with Gasteiger partial charge in [-0.2, -0.15) is 15.6 Å². The van der Waals surface area contributed by atoms with Gasteiger partial charge in [-0.1, -0.05) is 6.07 Å². The number of hydrogen-bond donors (Lipinski definition) is 0. The monoisotopic (exact) mass is 534 g/mol. The van der Waals surface area contributed by atoms with Crippen molar-refractivity contribution in [3.05, 3.63) is 66.2 Å². The summed E-state index contributed by atoms with van der Waals surface area (Å²) >= 11 is 0. The Bertz CT molecular complexity index is 1600. The predicted molar refractivity (Wildman–Crippen MR) is 149 cm³/mol. The van der Waals surface area contributed by atoms with Gasteiger partial charge >= 0.3 is 0 Å². The zero-order valence-corrected chi connectivity index (χ0v) is 22.8. The van der Waals surface area contributed by atoms with Gasteiger partial charge in [0.25, 0.3) is 0 Å². The maximum atomic E-state index is 9.68. The van der Waals surface area contributed by atoms with E-state index in [4.69, 9.17) is 14.5 Å². The molecule has 10 heteroatoms. The summed E-state index contributed by atoms with van der Waals surface area (Å²) in [6.45, 7) is 6.64. The molecule has 4 aromatic rings. The van der Waals surface area contributed by atoms with Gasteiger partial charge in [-0.25, -0.2) is 14.5 Å². The zero-order chi connectivity index (χ0) is 27.9. The largest absolute Gasteiger partial charge is 0.490 e. The Hall–Kier alpha value is -4.67. The Morgan fingerprint density at radius 3 is 2.52 bits per heavy atom. The van der Waals surface area contributed by atoms with Crippen LogP contribution in [0.3, 0.4) is 0 Å². The highest BCUT2D eigenvalue weighted by Crippen LogP contribution is 2.36. The van der Waals surface area contributed by atoms with Gasteiger partial charge in [-0.15, -0.1) is 0 Å². The molecule has 202 valence electrons. The van der Waals surface area contributed by atoms with Crippen molar-refractivity contribution in [2.24, 2.45) is 5.41 Å². The Morgan fingerprint density at radius 2 is 1.88 bits per heavy atom. The molecule has 3 aliphatic heterocycles. The fourth-order valence-corrected chi connectivity index (χ4v) is 5.47. The van der Waals surface area contributed by atoms with Crippen LogP contribution in [0.5, 0.6) is 11.6 Å². The third kappa shape index (κ3) is 4.78. The van der Waals surface area contributed by atoms with E-state index >= 15 is 0 Å². The number of methoxy groups -OCH3 is 1. The number of piperazine rings is 1. The third-order valence-corrected chi connectivity index (χ3v) is 7.71. The van der Waals surface area contributed by atoms with Crippen LogP contribution in [0.2, 0.25) is 0 Å². The number of ether oxygens (including phenoxy) is 2. The quantitative estimate of drug-likeness (QED) is 0.330. The van der Waals surface area contributed by atoms with Crippen LogP contribution in [0, 0.1) is 28.1 Å². The van der Waals surface area contributed by atoms with Gasteiger partial charge in [0.2, 0.25) is 5.88 Å². The number of anilines is 1. The second kappa shape index (κ2) is 10.1. The molecular formula is C30H30N8O2. The lowest BCUT2D eigenvalue weighted by Gasteiger charge is -2.56. The number of pyridine rings is 3. The van der Waals surface area contributed by atoms with Crippen molar-refractivity contribution in [3.8, 4) is 34.9 Å². The van der Waals surface area contributed by atoms with Crippen molar-refractivity contribution in [1.29, 1.82) is 10.5 Å². The van der Waals surface area contributed by atoms with E-state index in [1.807, 2.05) is 50.5 Å². The van der Waals surface area contributed by atoms with Gasteiger partial charge < -0.3 is 14.4 Å². The van der Waals surface area contributed by atoms with E-state index in [1.54, 1.807) is 24.0 Å². The van der Waals surface area contributed by atoms with Crippen molar-refractivity contribution < 1.29 is 9.47 Å². The van der Waals surface area contributed by atoms with Crippen molar-refractivity contribution in [2.75, 3.05) is 31.7 Å². The SMILES string of the molecule is COc1ccc(CN2C3CC2CN(c2ccc(-c4cc(OCC(C)(C)C#N)cn5ncc(C#N)c45)cn2)C3)cn1. The molecule has 10 nitrogen and oxygen atoms in total. The fraction of sp³-hybridized carbons (Fsp3) is 0.367. The first-order valence-electron chi connectivity index (χ1n) is 13.3. The lowest BCUT2D eigenvalue weighted by molar-refractivity contribution is -0.00876. The number of hydrogen-bond acceptors (Lipinski definition) is 9. The highest BCUT2D eigenvalue weighted by atomic mass is 16.5. The number of nitriles is 2. The topological polar surface area (TPSA) is 116 Å². The lowest BCUT2D eigenvalue weighted by Crippen LogP contribution is -2.68. The second-order valence-electron chi connectivity index (χ2n) is 11.1. The lowest BCUT2D eigenvalue weighted by atomic mass is 9.87. The maximum Gasteiger partial charge on any atom is 0.212 e. The molecule has 0 amide bonds. The number of nitrogens with zero attached hydrogens (tertiary/aromatic N) is 8. The maximum absolute atomic E-state index is 9.68. The van der Waals surface area contributed by atoms with Gasteiger partial charge in [0.05, 0.1) is 42.1 Å². The molecule has 0 aliphatic carbocycles. The summed E-state index contributed by atoms with van der Waals surface area (Å²) in [6, 6.07) is 15.4. The van der Waals surface area contributed by atoms with Gasteiger partial charge in [0.1, 0.15) is 24.2 Å². The van der Waals surface area contributed by atoms with Crippen molar-refractivity contribution in [3.63, 3.8) is 0 Å². The standard InChI is InChI=1S/C30H30N8O2/c1-30(2,18-32)19-40-25-9-26(29-22(10-31)13-35-38(29)17-25)21-5-6-27(33-12-21)36-15-23-8-24(16-36)37(23)14-20-4-7-28(39-3)34-11-20/h4-7,9,11-13,17,23-24H,8,14-16,19H2,1-3H3. The van der Waals surface area contributed by atoms with E-state index in [9.17, 15) is 10.5 Å². The summed E-state index contributed by atoms with van der Waals surface area (Å²) in [5.41, 5.74) is 3.42. The molecule has 0 spiro atoms. The van der Waals surface area contributed by atoms with Crippen LogP contribution < -0.4 is 14.4 Å². The minimum Gasteiger partial charge on any atom is -0.490 e. The van der Waals surface area contributed by atoms with Crippen LogP contribution >= 0.6 is 0 Å². The average Bonchev–Trinajstić information content (AvgIpc) is 3.42. The minimum absolute atomic E-state index is 0.237. The molecule has 3 aliphatic rings. The van der Waals surface area contributed by atoms with E-state index in [0.29, 0.717) is 34.8 Å². The van der Waals surface area contributed by atoms with E-state index < -0.39 is 5.41 Å². The summed E-state index contributed by atoms with van der Waals surface area (Å²) in [7, 11) is 1.63. The normalized spacial score (nSPS) is 18.6. The van der Waals surface area contributed by atoms with Gasteiger partial charge in [0, 0.05) is 61.3 Å². The molecule has 4 aromatic heterocycles. The summed E-state index contributed by atoms with van der Waals surface area (Å²) in [5.74, 6) is 2.15. The molecule has 0 N–H and O–H groups in total. The summed E-state index contributed by atoms with van der Waals surface area (Å²) < 4.78 is 12.8. The second-order valence-corrected chi connectivity index (χ2v) is 11.1. The third-order valence-electron chi connectivity index (χ3n) is 7.71. The zero-order valence-electron chi connectivity index (χ0n) is 22.8. The Kier molecular flexibility index (Phi) is 6.49. The molecule has 0 aromatic carbocycles. The molecule has 2 atom stereocenters. The summed E-state index contributed by atoms with van der Waals surface area (Å²) in [6.07, 6.45) is 8.23. The first-order chi connectivity index (χ1) is 19.4. The van der Waals surface area contributed by atoms with E-state index in [0.717, 1.165) is 36.6 Å². The summed E-state index contributed by atoms with van der Waals surface area (Å²) in [5, 5.41) is 23.4.